The van der Waals surface area contributed by atoms with Gasteiger partial charge in [0.25, 0.3) is 0 Å². The second kappa shape index (κ2) is 11.4. The maximum atomic E-state index is 15.2. The lowest BCUT2D eigenvalue weighted by atomic mass is 10.1. The Morgan fingerprint density at radius 1 is 1.29 bits per heavy atom. The van der Waals surface area contributed by atoms with Crippen LogP contribution in [0, 0.1) is 5.82 Å². The van der Waals surface area contributed by atoms with Gasteiger partial charge in [0.05, 0.1) is 9.50 Å². The van der Waals surface area contributed by atoms with Crippen molar-refractivity contribution in [2.24, 2.45) is 0 Å². The zero-order valence-electron chi connectivity index (χ0n) is 21.2. The number of piperazine rings is 1. The van der Waals surface area contributed by atoms with Crippen molar-refractivity contribution in [3.63, 3.8) is 0 Å². The highest BCUT2D eigenvalue weighted by molar-refractivity contribution is 9.10. The van der Waals surface area contributed by atoms with Gasteiger partial charge in [-0.2, -0.15) is 9.97 Å². The Hall–Kier alpha value is -1.91. The molecule has 1 amide bonds. The summed E-state index contributed by atoms with van der Waals surface area (Å²) >= 11 is 9.49. The number of likely N-dealkylation sites (N-methyl/N-ethyl adjacent to an activating group) is 1. The Bertz CT molecular complexity index is 1060. The number of nitrogens with zero attached hydrogens (tertiary/aromatic N) is 5. The molecule has 1 aromatic carbocycles. The molecule has 35 heavy (non-hydrogen) atoms. The molecule has 1 aromatic heterocycles. The fourth-order valence-corrected chi connectivity index (χ4v) is 4.48. The lowest BCUT2D eigenvalue weighted by Crippen LogP contribution is -2.55. The number of halogens is 3. The number of fused-ring (bicyclic) bond motifs is 1. The van der Waals surface area contributed by atoms with Gasteiger partial charge in [-0.1, -0.05) is 25.4 Å². The fourth-order valence-electron chi connectivity index (χ4n) is 3.99. The highest BCUT2D eigenvalue weighted by atomic mass is 79.9. The first-order valence-corrected chi connectivity index (χ1v) is 13.1. The van der Waals surface area contributed by atoms with Gasteiger partial charge in [0, 0.05) is 37.6 Å². The molecule has 0 unspecified atom stereocenters. The predicted octanol–water partition coefficient (Wildman–Crippen LogP) is 5.35. The lowest BCUT2D eigenvalue weighted by Gasteiger charge is -2.41. The van der Waals surface area contributed by atoms with Gasteiger partial charge in [0.1, 0.15) is 23.5 Å². The van der Waals surface area contributed by atoms with E-state index in [1.165, 1.54) is 0 Å². The van der Waals surface area contributed by atoms with E-state index < -0.39 is 11.4 Å². The third kappa shape index (κ3) is 6.65. The van der Waals surface area contributed by atoms with Crippen molar-refractivity contribution in [2.75, 3.05) is 50.8 Å². The summed E-state index contributed by atoms with van der Waals surface area (Å²) in [6.45, 7) is 16.0. The van der Waals surface area contributed by atoms with Crippen LogP contribution in [-0.4, -0.2) is 83.4 Å². The van der Waals surface area contributed by atoms with Crippen molar-refractivity contribution in [1.29, 1.82) is 0 Å². The SMILES string of the molecule is CCN(CC)CCOc1nc(N2CCN(C(=O)OC(C)(C)C)[C@H](C)C2)c2cc(Cl)c(Br)c(F)c2n1. The molecule has 0 saturated carbocycles. The topological polar surface area (TPSA) is 71.0 Å². The number of carbonyl (C=O) groups excluding carboxylic acids is 1. The highest BCUT2D eigenvalue weighted by Gasteiger charge is 2.32. The molecule has 3 rings (SSSR count). The maximum absolute atomic E-state index is 15.2. The molecule has 1 aliphatic heterocycles. The molecule has 2 aromatic rings. The van der Waals surface area contributed by atoms with Crippen LogP contribution in [0.4, 0.5) is 15.0 Å². The van der Waals surface area contributed by atoms with E-state index >= 15 is 4.39 Å². The summed E-state index contributed by atoms with van der Waals surface area (Å²) in [4.78, 5) is 27.6. The molecule has 0 aliphatic carbocycles. The van der Waals surface area contributed by atoms with Crippen LogP contribution in [-0.2, 0) is 4.74 Å². The first-order chi connectivity index (χ1) is 16.4. The van der Waals surface area contributed by atoms with Gasteiger partial charge in [-0.3, -0.25) is 0 Å². The average molecular weight is 575 g/mol. The van der Waals surface area contributed by atoms with Gasteiger partial charge >= 0.3 is 12.1 Å². The third-order valence-electron chi connectivity index (χ3n) is 5.87. The number of ether oxygens (including phenoxy) is 2. The largest absolute Gasteiger partial charge is 0.462 e. The quantitative estimate of drug-likeness (QED) is 0.413. The van der Waals surface area contributed by atoms with Crippen molar-refractivity contribution in [3.8, 4) is 6.01 Å². The van der Waals surface area contributed by atoms with Gasteiger partial charge in [-0.05, 0) is 62.8 Å². The van der Waals surface area contributed by atoms with Crippen molar-refractivity contribution >= 4 is 50.3 Å². The van der Waals surface area contributed by atoms with Crippen molar-refractivity contribution < 1.29 is 18.7 Å². The Morgan fingerprint density at radius 3 is 2.57 bits per heavy atom. The van der Waals surface area contributed by atoms with Gasteiger partial charge in [0.2, 0.25) is 0 Å². The molecule has 0 radical (unpaired) electrons. The van der Waals surface area contributed by atoms with E-state index in [2.05, 4.69) is 44.6 Å². The molecular weight excluding hydrogens is 541 g/mol. The number of amides is 1. The second-order valence-electron chi connectivity index (χ2n) is 9.56. The van der Waals surface area contributed by atoms with Gasteiger partial charge in [0.15, 0.2) is 5.82 Å². The van der Waals surface area contributed by atoms with E-state index in [4.69, 9.17) is 21.1 Å². The van der Waals surface area contributed by atoms with Crippen LogP contribution >= 0.6 is 27.5 Å². The number of hydrogen-bond donors (Lipinski definition) is 0. The number of benzene rings is 1. The molecule has 194 valence electrons. The zero-order chi connectivity index (χ0) is 25.9. The van der Waals surface area contributed by atoms with Crippen LogP contribution < -0.4 is 9.64 Å². The molecule has 2 heterocycles. The van der Waals surface area contributed by atoms with Crippen LogP contribution in [0.5, 0.6) is 6.01 Å². The Balaban J connectivity index is 1.91. The number of aromatic nitrogens is 2. The van der Waals surface area contributed by atoms with E-state index in [1.807, 2.05) is 32.6 Å². The molecular formula is C24H34BrClFN5O3. The van der Waals surface area contributed by atoms with Crippen molar-refractivity contribution in [1.82, 2.24) is 19.8 Å². The monoisotopic (exact) mass is 573 g/mol. The smallest absolute Gasteiger partial charge is 0.410 e. The van der Waals surface area contributed by atoms with Crippen LogP contribution in [0.3, 0.4) is 0 Å². The summed E-state index contributed by atoms with van der Waals surface area (Å²) in [5, 5.41) is 0.722. The lowest BCUT2D eigenvalue weighted by molar-refractivity contribution is 0.0158. The molecule has 8 nitrogen and oxygen atoms in total. The van der Waals surface area contributed by atoms with Crippen molar-refractivity contribution in [2.45, 2.75) is 53.2 Å². The summed E-state index contributed by atoms with van der Waals surface area (Å²) in [6.07, 6.45) is -0.351. The minimum Gasteiger partial charge on any atom is -0.462 e. The molecule has 1 fully saturated rings. The van der Waals surface area contributed by atoms with E-state index in [0.717, 1.165) is 13.1 Å². The van der Waals surface area contributed by atoms with Gasteiger partial charge in [-0.15, -0.1) is 0 Å². The van der Waals surface area contributed by atoms with Gasteiger partial charge < -0.3 is 24.2 Å². The van der Waals surface area contributed by atoms with Crippen LogP contribution in [0.15, 0.2) is 10.5 Å². The summed E-state index contributed by atoms with van der Waals surface area (Å²) < 4.78 is 26.7. The fraction of sp³-hybridized carbons (Fsp3) is 0.625. The normalized spacial score (nSPS) is 16.8. The predicted molar refractivity (Wildman–Crippen MR) is 140 cm³/mol. The Morgan fingerprint density at radius 2 is 1.97 bits per heavy atom. The molecule has 1 atom stereocenters. The maximum Gasteiger partial charge on any atom is 0.410 e. The molecule has 1 saturated heterocycles. The third-order valence-corrected chi connectivity index (χ3v) is 7.18. The summed E-state index contributed by atoms with van der Waals surface area (Å²) in [5.74, 6) is -0.0398. The summed E-state index contributed by atoms with van der Waals surface area (Å²) in [5.41, 5.74) is -0.443. The van der Waals surface area contributed by atoms with Crippen LogP contribution in [0.25, 0.3) is 10.9 Å². The first-order valence-electron chi connectivity index (χ1n) is 11.9. The number of carbonyl (C=O) groups is 1. The molecule has 11 heteroatoms. The van der Waals surface area contributed by atoms with Crippen LogP contribution in [0.2, 0.25) is 5.02 Å². The molecule has 1 aliphatic rings. The average Bonchev–Trinajstić information content (AvgIpc) is 2.79. The minimum atomic E-state index is -0.574. The van der Waals surface area contributed by atoms with E-state index in [9.17, 15) is 4.79 Å². The molecule has 0 spiro atoms. The van der Waals surface area contributed by atoms with E-state index in [1.54, 1.807) is 11.0 Å². The van der Waals surface area contributed by atoms with Crippen LogP contribution in [0.1, 0.15) is 41.5 Å². The van der Waals surface area contributed by atoms with Crippen molar-refractivity contribution in [3.05, 3.63) is 21.4 Å². The first kappa shape index (κ1) is 27.7. The van der Waals surface area contributed by atoms with Gasteiger partial charge in [-0.25, -0.2) is 9.18 Å². The Labute approximate surface area is 219 Å². The number of rotatable bonds is 7. The molecule has 0 N–H and O–H groups in total. The molecule has 0 bridgehead atoms. The van der Waals surface area contributed by atoms with E-state index in [-0.39, 0.29) is 33.2 Å². The standard InChI is InChI=1S/C24H34BrClFN5O3/c1-7-30(8-2)11-12-34-22-28-20-16(13-17(26)18(25)19(20)27)21(29-22)31-9-10-32(15(3)14-31)23(33)35-24(4,5)6/h13,15H,7-12,14H2,1-6H3/t15-/m1/s1. The second-order valence-corrected chi connectivity index (χ2v) is 10.8. The van der Waals surface area contributed by atoms with E-state index in [0.29, 0.717) is 44.0 Å². The number of anilines is 1. The number of hydrogen-bond acceptors (Lipinski definition) is 7. The highest BCUT2D eigenvalue weighted by Crippen LogP contribution is 2.36. The minimum absolute atomic E-state index is 0.106. The summed E-state index contributed by atoms with van der Waals surface area (Å²) in [7, 11) is 0. The Kier molecular flexibility index (Phi) is 9.04. The summed E-state index contributed by atoms with van der Waals surface area (Å²) in [6, 6.07) is 1.62. The zero-order valence-corrected chi connectivity index (χ0v) is 23.5.